The zero-order chi connectivity index (χ0) is 7.14. The lowest BCUT2D eigenvalue weighted by atomic mass is 9.87. The monoisotopic (exact) mass is 138 g/mol. The first-order valence-corrected chi connectivity index (χ1v) is 3.84. The van der Waals surface area contributed by atoms with Crippen LogP contribution in [0.15, 0.2) is 0 Å². The maximum Gasteiger partial charge on any atom is 0.201 e. The van der Waals surface area contributed by atoms with Crippen molar-refractivity contribution in [3.05, 3.63) is 0 Å². The Morgan fingerprint density at radius 1 is 1.20 bits per heavy atom. The third-order valence-corrected chi connectivity index (χ3v) is 2.66. The van der Waals surface area contributed by atoms with Gasteiger partial charge in [0.2, 0.25) is 5.78 Å². The summed E-state index contributed by atoms with van der Waals surface area (Å²) in [6.07, 6.45) is 3.59. The van der Waals surface area contributed by atoms with Crippen molar-refractivity contribution in [3.8, 4) is 0 Å². The number of fused-ring (bicyclic) bond motifs is 2. The highest BCUT2D eigenvalue weighted by atomic mass is 16.2. The van der Waals surface area contributed by atoms with Gasteiger partial charge in [-0.05, 0) is 25.2 Å². The average molecular weight is 138 g/mol. The van der Waals surface area contributed by atoms with E-state index in [1.807, 2.05) is 0 Å². The highest BCUT2D eigenvalue weighted by Crippen LogP contribution is 2.38. The third-order valence-electron chi connectivity index (χ3n) is 2.66. The zero-order valence-electron chi connectivity index (χ0n) is 5.80. The minimum absolute atomic E-state index is 0.0891. The first-order chi connectivity index (χ1) is 4.77. The fraction of sp³-hybridized carbons (Fsp3) is 0.750. The van der Waals surface area contributed by atoms with Gasteiger partial charge in [0.25, 0.3) is 0 Å². The fourth-order valence-corrected chi connectivity index (χ4v) is 2.09. The number of rotatable bonds is 0. The molecular weight excluding hydrogens is 128 g/mol. The van der Waals surface area contributed by atoms with E-state index in [-0.39, 0.29) is 17.5 Å². The van der Waals surface area contributed by atoms with Gasteiger partial charge < -0.3 is 0 Å². The van der Waals surface area contributed by atoms with Gasteiger partial charge in [0.05, 0.1) is 0 Å². The zero-order valence-corrected chi connectivity index (χ0v) is 5.80. The first-order valence-electron chi connectivity index (χ1n) is 3.84. The minimum atomic E-state index is -0.112. The largest absolute Gasteiger partial charge is 0.291 e. The molecule has 2 unspecified atom stereocenters. The molecular formula is C8H10O2. The maximum atomic E-state index is 11.0. The summed E-state index contributed by atoms with van der Waals surface area (Å²) >= 11 is 0. The van der Waals surface area contributed by atoms with Crippen molar-refractivity contribution < 1.29 is 9.59 Å². The molecule has 54 valence electrons. The predicted octanol–water partition coefficient (Wildman–Crippen LogP) is 0.945. The van der Waals surface area contributed by atoms with Crippen molar-refractivity contribution in [1.82, 2.24) is 0 Å². The fourth-order valence-electron chi connectivity index (χ4n) is 2.09. The molecule has 0 aromatic carbocycles. The lowest BCUT2D eigenvalue weighted by Gasteiger charge is -2.14. The van der Waals surface area contributed by atoms with E-state index in [0.717, 1.165) is 19.3 Å². The van der Waals surface area contributed by atoms with Gasteiger partial charge in [0, 0.05) is 12.3 Å². The lowest BCUT2D eigenvalue weighted by Crippen LogP contribution is -2.27. The summed E-state index contributed by atoms with van der Waals surface area (Å²) in [6, 6.07) is 0. The maximum absolute atomic E-state index is 11.0. The van der Waals surface area contributed by atoms with E-state index < -0.39 is 0 Å². The average Bonchev–Trinajstić information content (AvgIpc) is 2.29. The molecule has 2 saturated carbocycles. The Balaban J connectivity index is 2.24. The predicted molar refractivity (Wildman–Crippen MR) is 35.5 cm³/mol. The van der Waals surface area contributed by atoms with Crippen LogP contribution in [-0.4, -0.2) is 11.6 Å². The van der Waals surface area contributed by atoms with E-state index in [0.29, 0.717) is 12.3 Å². The van der Waals surface area contributed by atoms with Crippen molar-refractivity contribution in [2.45, 2.75) is 25.7 Å². The Hall–Kier alpha value is -0.660. The van der Waals surface area contributed by atoms with Gasteiger partial charge in [-0.25, -0.2) is 0 Å². The summed E-state index contributed by atoms with van der Waals surface area (Å²) in [5.41, 5.74) is 0. The van der Waals surface area contributed by atoms with Crippen molar-refractivity contribution >= 4 is 11.6 Å². The van der Waals surface area contributed by atoms with Crippen molar-refractivity contribution in [1.29, 1.82) is 0 Å². The van der Waals surface area contributed by atoms with Gasteiger partial charge in [0.1, 0.15) is 0 Å². The Kier molecular flexibility index (Phi) is 1.16. The molecule has 0 amide bonds. The Morgan fingerprint density at radius 2 is 2.00 bits per heavy atom. The molecule has 2 rings (SSSR count). The normalized spacial score (nSPS) is 38.8. The summed E-state index contributed by atoms with van der Waals surface area (Å²) in [6.45, 7) is 0. The van der Waals surface area contributed by atoms with Crippen LogP contribution in [0.4, 0.5) is 0 Å². The quantitative estimate of drug-likeness (QED) is 0.467. The molecule has 0 aromatic rings. The topological polar surface area (TPSA) is 34.1 Å². The number of carbonyl (C=O) groups is 2. The van der Waals surface area contributed by atoms with Gasteiger partial charge in [-0.3, -0.25) is 9.59 Å². The molecule has 2 nitrogen and oxygen atoms in total. The molecule has 2 aliphatic carbocycles. The van der Waals surface area contributed by atoms with E-state index in [9.17, 15) is 9.59 Å². The molecule has 2 heteroatoms. The van der Waals surface area contributed by atoms with E-state index in [4.69, 9.17) is 0 Å². The minimum Gasteiger partial charge on any atom is -0.291 e. The highest BCUT2D eigenvalue weighted by molar-refractivity contribution is 6.38. The van der Waals surface area contributed by atoms with Crippen LogP contribution in [0.1, 0.15) is 25.7 Å². The Bertz CT molecular complexity index is 195. The summed E-state index contributed by atoms with van der Waals surface area (Å²) in [5, 5.41) is 0. The van der Waals surface area contributed by atoms with Crippen LogP contribution >= 0.6 is 0 Å². The number of Topliss-reactive ketones (excluding diaryl/α,β-unsaturated/α-hetero) is 2. The first kappa shape index (κ1) is 6.08. The molecule has 0 radical (unpaired) electrons. The molecule has 0 aliphatic heterocycles. The second-order valence-corrected chi connectivity index (χ2v) is 3.37. The van der Waals surface area contributed by atoms with Crippen LogP contribution in [0.3, 0.4) is 0 Å². The number of hydrogen-bond donors (Lipinski definition) is 0. The second-order valence-electron chi connectivity index (χ2n) is 3.37. The Morgan fingerprint density at radius 3 is 2.80 bits per heavy atom. The van der Waals surface area contributed by atoms with Crippen LogP contribution in [-0.2, 0) is 9.59 Å². The summed E-state index contributed by atoms with van der Waals surface area (Å²) < 4.78 is 0. The molecule has 0 heterocycles. The third kappa shape index (κ3) is 0.713. The number of carbonyl (C=O) groups excluding carboxylic acids is 2. The summed E-state index contributed by atoms with van der Waals surface area (Å²) in [7, 11) is 0. The van der Waals surface area contributed by atoms with E-state index in [2.05, 4.69) is 0 Å². The molecule has 10 heavy (non-hydrogen) atoms. The van der Waals surface area contributed by atoms with Crippen LogP contribution in [0.25, 0.3) is 0 Å². The molecule has 0 spiro atoms. The molecule has 0 aromatic heterocycles. The lowest BCUT2D eigenvalue weighted by molar-refractivity contribution is -0.140. The SMILES string of the molecule is O=C1CC2CCC(C2)C1=O. The van der Waals surface area contributed by atoms with Crippen LogP contribution in [0.5, 0.6) is 0 Å². The molecule has 0 saturated heterocycles. The second kappa shape index (κ2) is 1.91. The van der Waals surface area contributed by atoms with Crippen LogP contribution < -0.4 is 0 Å². The van der Waals surface area contributed by atoms with Crippen molar-refractivity contribution in [2.24, 2.45) is 11.8 Å². The summed E-state index contributed by atoms with van der Waals surface area (Å²) in [5.74, 6) is 0.467. The Labute approximate surface area is 59.6 Å². The molecule has 2 bridgehead atoms. The molecule has 2 fully saturated rings. The molecule has 2 aliphatic rings. The van der Waals surface area contributed by atoms with Crippen LogP contribution in [0, 0.1) is 11.8 Å². The van der Waals surface area contributed by atoms with Crippen molar-refractivity contribution in [3.63, 3.8) is 0 Å². The van der Waals surface area contributed by atoms with E-state index >= 15 is 0 Å². The van der Waals surface area contributed by atoms with Gasteiger partial charge >= 0.3 is 0 Å². The van der Waals surface area contributed by atoms with Crippen molar-refractivity contribution in [2.75, 3.05) is 0 Å². The van der Waals surface area contributed by atoms with Gasteiger partial charge in [-0.15, -0.1) is 0 Å². The molecule has 0 N–H and O–H groups in total. The van der Waals surface area contributed by atoms with Gasteiger partial charge in [0.15, 0.2) is 5.78 Å². The summed E-state index contributed by atoms with van der Waals surface area (Å²) in [4.78, 5) is 21.9. The molecule has 2 atom stereocenters. The van der Waals surface area contributed by atoms with Crippen LogP contribution in [0.2, 0.25) is 0 Å². The number of hydrogen-bond acceptors (Lipinski definition) is 2. The smallest absolute Gasteiger partial charge is 0.201 e. The van der Waals surface area contributed by atoms with Gasteiger partial charge in [-0.2, -0.15) is 0 Å². The number of ketones is 2. The highest BCUT2D eigenvalue weighted by Gasteiger charge is 2.39. The van der Waals surface area contributed by atoms with E-state index in [1.54, 1.807) is 0 Å². The van der Waals surface area contributed by atoms with Gasteiger partial charge in [-0.1, -0.05) is 0 Å². The standard InChI is InChI=1S/C8H10O2/c9-7-4-5-1-2-6(3-5)8(7)10/h5-6H,1-4H2. The van der Waals surface area contributed by atoms with E-state index in [1.165, 1.54) is 0 Å².